The predicted octanol–water partition coefficient (Wildman–Crippen LogP) is 2.90. The lowest BCUT2D eigenvalue weighted by Crippen LogP contribution is -2.49. The number of unbranched alkanes of at least 4 members (excludes halogenated alkanes) is 7. The van der Waals surface area contributed by atoms with E-state index < -0.39 is 42.3 Å². The molecule has 0 aromatic carbocycles. The van der Waals surface area contributed by atoms with Gasteiger partial charge in [-0.3, -0.25) is 9.59 Å². The molecule has 0 aromatic heterocycles. The van der Waals surface area contributed by atoms with Crippen LogP contribution < -0.4 is 0 Å². The van der Waals surface area contributed by atoms with Gasteiger partial charge < -0.3 is 20.4 Å². The van der Waals surface area contributed by atoms with Crippen molar-refractivity contribution in [3.63, 3.8) is 0 Å². The van der Waals surface area contributed by atoms with Crippen LogP contribution >= 0.6 is 0 Å². The molecule has 0 bridgehead atoms. The maximum Gasteiger partial charge on any atom is 0.336 e. The van der Waals surface area contributed by atoms with Gasteiger partial charge in [0.2, 0.25) is 0 Å². The third kappa shape index (κ3) is 8.29. The van der Waals surface area contributed by atoms with Crippen LogP contribution in [0.5, 0.6) is 0 Å². The van der Waals surface area contributed by atoms with Crippen molar-refractivity contribution < 1.29 is 34.8 Å². The monoisotopic (exact) mass is 346 g/mol. The maximum absolute atomic E-state index is 11.4. The molecule has 0 saturated carbocycles. The van der Waals surface area contributed by atoms with E-state index in [-0.39, 0.29) is 6.42 Å². The number of aliphatic carboxylic acids is 3. The molecule has 7 nitrogen and oxygen atoms in total. The summed E-state index contributed by atoms with van der Waals surface area (Å²) >= 11 is 0. The minimum atomic E-state index is -2.55. The molecule has 2 atom stereocenters. The number of hydrogen-bond acceptors (Lipinski definition) is 4. The fourth-order valence-corrected chi connectivity index (χ4v) is 2.78. The first kappa shape index (κ1) is 22.4. The number of carboxylic acids is 3. The molecule has 0 amide bonds. The molecule has 0 radical (unpaired) electrons. The molecule has 0 heterocycles. The van der Waals surface area contributed by atoms with E-state index in [2.05, 4.69) is 6.92 Å². The first-order valence-corrected chi connectivity index (χ1v) is 8.66. The van der Waals surface area contributed by atoms with E-state index in [4.69, 9.17) is 5.11 Å². The second-order valence-electron chi connectivity index (χ2n) is 6.28. The average Bonchev–Trinajstić information content (AvgIpc) is 2.50. The van der Waals surface area contributed by atoms with Gasteiger partial charge in [-0.25, -0.2) is 4.79 Å². The molecule has 7 heteroatoms. The lowest BCUT2D eigenvalue weighted by molar-refractivity contribution is -0.176. The molecule has 0 rings (SSSR count). The molecule has 0 aromatic rings. The van der Waals surface area contributed by atoms with Gasteiger partial charge in [-0.1, -0.05) is 58.3 Å². The van der Waals surface area contributed by atoms with Crippen molar-refractivity contribution in [2.45, 2.75) is 83.2 Å². The molecule has 0 aliphatic heterocycles. The van der Waals surface area contributed by atoms with Crippen molar-refractivity contribution in [1.29, 1.82) is 0 Å². The highest BCUT2D eigenvalue weighted by Crippen LogP contribution is 2.29. The third-order valence-corrected chi connectivity index (χ3v) is 4.31. The van der Waals surface area contributed by atoms with E-state index in [1.54, 1.807) is 0 Å². The number of carboxylic acid groups (broad SMARTS) is 3. The standard InChI is InChI=1S/C17H30O7/c1-2-3-4-5-6-7-8-9-10-13(15(20)21)17(24,16(22)23)12-11-14(18)19/h13,24H,2-12H2,1H3,(H,18,19)(H,20,21)(H,22,23)/t13-,17-/m0/s1. The van der Waals surface area contributed by atoms with E-state index in [0.29, 0.717) is 6.42 Å². The fraction of sp³-hybridized carbons (Fsp3) is 0.824. The minimum absolute atomic E-state index is 0.0205. The van der Waals surface area contributed by atoms with Gasteiger partial charge in [0.25, 0.3) is 0 Å². The normalized spacial score (nSPS) is 14.8. The molecule has 0 saturated heterocycles. The van der Waals surface area contributed by atoms with Gasteiger partial charge in [0.05, 0.1) is 5.92 Å². The summed E-state index contributed by atoms with van der Waals surface area (Å²) in [5, 5.41) is 37.3. The predicted molar refractivity (Wildman–Crippen MR) is 87.8 cm³/mol. The van der Waals surface area contributed by atoms with Crippen molar-refractivity contribution in [2.24, 2.45) is 5.92 Å². The maximum atomic E-state index is 11.4. The van der Waals surface area contributed by atoms with Gasteiger partial charge in [0.15, 0.2) is 5.60 Å². The molecule has 0 spiro atoms. The summed E-state index contributed by atoms with van der Waals surface area (Å²) in [5.74, 6) is -5.87. The minimum Gasteiger partial charge on any atom is -0.481 e. The topological polar surface area (TPSA) is 132 Å². The Morgan fingerprint density at radius 2 is 1.38 bits per heavy atom. The summed E-state index contributed by atoms with van der Waals surface area (Å²) in [6.45, 7) is 2.14. The van der Waals surface area contributed by atoms with Gasteiger partial charge in [-0.05, 0) is 12.8 Å². The van der Waals surface area contributed by atoms with E-state index in [9.17, 15) is 29.7 Å². The Bertz CT molecular complexity index is 408. The lowest BCUT2D eigenvalue weighted by atomic mass is 9.80. The zero-order valence-electron chi connectivity index (χ0n) is 14.4. The SMILES string of the molecule is CCCCCCCCCC[C@@H](C(=O)O)[C@@](O)(CCC(=O)O)C(=O)O. The van der Waals surface area contributed by atoms with Crippen LogP contribution in [-0.4, -0.2) is 43.9 Å². The summed E-state index contributed by atoms with van der Waals surface area (Å²) in [4.78, 5) is 33.3. The van der Waals surface area contributed by atoms with Crippen molar-refractivity contribution in [3.8, 4) is 0 Å². The second kappa shape index (κ2) is 11.8. The molecule has 4 N–H and O–H groups in total. The molecule has 0 fully saturated rings. The fourth-order valence-electron chi connectivity index (χ4n) is 2.78. The Labute approximate surface area is 142 Å². The van der Waals surface area contributed by atoms with Crippen LogP contribution in [0, 0.1) is 5.92 Å². The molecule has 140 valence electrons. The highest BCUT2D eigenvalue weighted by molar-refractivity contribution is 5.86. The number of rotatable bonds is 15. The second-order valence-corrected chi connectivity index (χ2v) is 6.28. The zero-order valence-corrected chi connectivity index (χ0v) is 14.4. The number of carbonyl (C=O) groups is 3. The molecule has 24 heavy (non-hydrogen) atoms. The van der Waals surface area contributed by atoms with E-state index in [0.717, 1.165) is 25.7 Å². The quantitative estimate of drug-likeness (QED) is 0.335. The average molecular weight is 346 g/mol. The lowest BCUT2D eigenvalue weighted by Gasteiger charge is -2.29. The van der Waals surface area contributed by atoms with Gasteiger partial charge >= 0.3 is 17.9 Å². The van der Waals surface area contributed by atoms with Gasteiger partial charge in [-0.15, -0.1) is 0 Å². The van der Waals surface area contributed by atoms with Crippen LogP contribution in [0.25, 0.3) is 0 Å². The number of aliphatic hydroxyl groups is 1. The van der Waals surface area contributed by atoms with Crippen molar-refractivity contribution in [2.75, 3.05) is 0 Å². The van der Waals surface area contributed by atoms with Crippen LogP contribution in [0.15, 0.2) is 0 Å². The van der Waals surface area contributed by atoms with Crippen LogP contribution in [-0.2, 0) is 14.4 Å². The first-order valence-electron chi connectivity index (χ1n) is 8.66. The molecular formula is C17H30O7. The summed E-state index contributed by atoms with van der Waals surface area (Å²) < 4.78 is 0. The zero-order chi connectivity index (χ0) is 18.6. The summed E-state index contributed by atoms with van der Waals surface area (Å²) in [6.07, 6.45) is 6.76. The van der Waals surface area contributed by atoms with Crippen molar-refractivity contribution >= 4 is 17.9 Å². The molecular weight excluding hydrogens is 316 g/mol. The van der Waals surface area contributed by atoms with Gasteiger partial charge in [0, 0.05) is 6.42 Å². The highest BCUT2D eigenvalue weighted by atomic mass is 16.4. The molecule has 0 unspecified atom stereocenters. The van der Waals surface area contributed by atoms with Gasteiger partial charge in [-0.2, -0.15) is 0 Å². The summed E-state index contributed by atoms with van der Waals surface area (Å²) in [6, 6.07) is 0. The molecule has 0 aliphatic rings. The Kier molecular flexibility index (Phi) is 11.0. The van der Waals surface area contributed by atoms with E-state index in [1.807, 2.05) is 0 Å². The third-order valence-electron chi connectivity index (χ3n) is 4.31. The van der Waals surface area contributed by atoms with E-state index >= 15 is 0 Å². The molecule has 0 aliphatic carbocycles. The Morgan fingerprint density at radius 1 is 0.875 bits per heavy atom. The smallest absolute Gasteiger partial charge is 0.336 e. The van der Waals surface area contributed by atoms with Crippen molar-refractivity contribution in [1.82, 2.24) is 0 Å². The van der Waals surface area contributed by atoms with Crippen molar-refractivity contribution in [3.05, 3.63) is 0 Å². The summed E-state index contributed by atoms with van der Waals surface area (Å²) in [7, 11) is 0. The highest BCUT2D eigenvalue weighted by Gasteiger charge is 2.47. The Hall–Kier alpha value is -1.63. The van der Waals surface area contributed by atoms with Crippen LogP contribution in [0.4, 0.5) is 0 Å². The van der Waals surface area contributed by atoms with E-state index in [1.165, 1.54) is 19.3 Å². The first-order chi connectivity index (χ1) is 11.3. The van der Waals surface area contributed by atoms with Crippen LogP contribution in [0.3, 0.4) is 0 Å². The van der Waals surface area contributed by atoms with Crippen LogP contribution in [0.1, 0.15) is 77.6 Å². The summed E-state index contributed by atoms with van der Waals surface area (Å²) in [5.41, 5.74) is -2.55. The van der Waals surface area contributed by atoms with Crippen LogP contribution in [0.2, 0.25) is 0 Å². The Balaban J connectivity index is 4.46. The number of hydrogen-bond donors (Lipinski definition) is 4. The Morgan fingerprint density at radius 3 is 1.79 bits per heavy atom. The largest absolute Gasteiger partial charge is 0.481 e. The van der Waals surface area contributed by atoms with Gasteiger partial charge in [0.1, 0.15) is 0 Å².